The number of unbranched alkanes of at least 4 members (excludes halogenated alkanes) is 3. The summed E-state index contributed by atoms with van der Waals surface area (Å²) >= 11 is 0. The summed E-state index contributed by atoms with van der Waals surface area (Å²) in [4.78, 5) is 10.8. The van der Waals surface area contributed by atoms with Gasteiger partial charge in [0, 0.05) is 0 Å². The van der Waals surface area contributed by atoms with Gasteiger partial charge in [0.25, 0.3) is 0 Å². The van der Waals surface area contributed by atoms with E-state index in [2.05, 4.69) is 6.92 Å². The molecule has 0 unspecified atom stereocenters. The van der Waals surface area contributed by atoms with Gasteiger partial charge in [0.1, 0.15) is 10.1 Å². The average Bonchev–Trinajstić information content (AvgIpc) is 2.38. The van der Waals surface area contributed by atoms with E-state index in [4.69, 9.17) is 9.47 Å². The van der Waals surface area contributed by atoms with Crippen LogP contribution in [0.15, 0.2) is 29.2 Å². The van der Waals surface area contributed by atoms with E-state index in [1.54, 1.807) is 0 Å². The Morgan fingerprint density at radius 3 is 2.48 bits per heavy atom. The molecule has 0 amide bonds. The summed E-state index contributed by atoms with van der Waals surface area (Å²) in [6, 6.07) is 5.13. The molecule has 1 rings (SSSR count). The van der Waals surface area contributed by atoms with Gasteiger partial charge in [-0.05, 0) is 18.6 Å². The molecule has 6 nitrogen and oxygen atoms in total. The predicted molar refractivity (Wildman–Crippen MR) is 70.5 cm³/mol. The molecule has 0 aliphatic heterocycles. The molecule has 0 fully saturated rings. The number of carbonyl (C=O) groups excluding carboxylic acids is 1. The quantitative estimate of drug-likeness (QED) is 0.225. The fraction of sp³-hybridized carbons (Fsp3) is 0.462. The van der Waals surface area contributed by atoms with E-state index >= 15 is 0 Å². The second-order valence-electron chi connectivity index (χ2n) is 4.16. The van der Waals surface area contributed by atoms with Crippen molar-refractivity contribution in [2.45, 2.75) is 37.5 Å². The van der Waals surface area contributed by atoms with Crippen LogP contribution in [0, 0.1) is 0 Å². The minimum Gasteiger partial charge on any atom is -0.744 e. The maximum Gasteiger partial charge on any atom is 1.00 e. The molecule has 1 aromatic rings. The standard InChI is InChI=1S/C13H18O6S.Na/c1-2-3-4-7-10-18-13(14)19-11-8-5-6-9-12(11)20(15,16)17;/h5-6,8-9H,2-4,7,10H2,1H3,(H,15,16,17);/q;+1/p-1. The normalized spacial score (nSPS) is 10.6. The first kappa shape index (κ1) is 20.4. The third-order valence-corrected chi connectivity index (χ3v) is 3.41. The van der Waals surface area contributed by atoms with Crippen molar-refractivity contribution < 1.29 is 56.8 Å². The van der Waals surface area contributed by atoms with Crippen LogP contribution in [0.2, 0.25) is 0 Å². The molecule has 0 saturated heterocycles. The largest absolute Gasteiger partial charge is 1.00 e. The number of hydrogen-bond acceptors (Lipinski definition) is 6. The van der Waals surface area contributed by atoms with Crippen LogP contribution in [0.1, 0.15) is 32.6 Å². The number of para-hydroxylation sites is 1. The van der Waals surface area contributed by atoms with Crippen molar-refractivity contribution >= 4 is 16.3 Å². The van der Waals surface area contributed by atoms with Crippen molar-refractivity contribution in [1.29, 1.82) is 0 Å². The van der Waals surface area contributed by atoms with E-state index in [0.717, 1.165) is 25.3 Å². The van der Waals surface area contributed by atoms with Gasteiger partial charge in [0.2, 0.25) is 0 Å². The summed E-state index contributed by atoms with van der Waals surface area (Å²) in [5, 5.41) is 0. The molecule has 21 heavy (non-hydrogen) atoms. The van der Waals surface area contributed by atoms with Crippen LogP contribution in [0.5, 0.6) is 5.75 Å². The van der Waals surface area contributed by atoms with Gasteiger partial charge < -0.3 is 14.0 Å². The van der Waals surface area contributed by atoms with Crippen molar-refractivity contribution in [3.05, 3.63) is 24.3 Å². The van der Waals surface area contributed by atoms with Gasteiger partial charge in [0.05, 0.1) is 11.5 Å². The molecule has 0 atom stereocenters. The Morgan fingerprint density at radius 1 is 1.19 bits per heavy atom. The van der Waals surface area contributed by atoms with Gasteiger partial charge >= 0.3 is 35.7 Å². The van der Waals surface area contributed by atoms with Crippen LogP contribution < -0.4 is 34.3 Å². The molecule has 0 saturated carbocycles. The zero-order valence-corrected chi connectivity index (χ0v) is 15.0. The van der Waals surface area contributed by atoms with Crippen LogP contribution in [0.25, 0.3) is 0 Å². The maximum atomic E-state index is 11.4. The second-order valence-corrected chi connectivity index (χ2v) is 5.51. The number of benzene rings is 1. The Bertz CT molecular complexity index is 543. The first-order valence-corrected chi connectivity index (χ1v) is 7.75. The summed E-state index contributed by atoms with van der Waals surface area (Å²) in [5.74, 6) is -0.318. The zero-order valence-electron chi connectivity index (χ0n) is 12.2. The first-order valence-electron chi connectivity index (χ1n) is 6.34. The van der Waals surface area contributed by atoms with Gasteiger partial charge in [-0.15, -0.1) is 0 Å². The molecule has 1 aromatic carbocycles. The molecule has 0 aliphatic rings. The molecule has 0 spiro atoms. The third-order valence-electron chi connectivity index (χ3n) is 2.53. The fourth-order valence-corrected chi connectivity index (χ4v) is 2.15. The smallest absolute Gasteiger partial charge is 0.744 e. The minimum absolute atomic E-state index is 0. The Balaban J connectivity index is 0.00000400. The van der Waals surface area contributed by atoms with Crippen molar-refractivity contribution in [3.8, 4) is 5.75 Å². The molecule has 0 aromatic heterocycles. The SMILES string of the molecule is CCCCCCOC(=O)Oc1ccccc1S(=O)(=O)[O-].[Na+]. The van der Waals surface area contributed by atoms with Crippen molar-refractivity contribution in [3.63, 3.8) is 0 Å². The Kier molecular flexibility index (Phi) is 9.89. The maximum absolute atomic E-state index is 11.4. The van der Waals surface area contributed by atoms with Gasteiger partial charge in [-0.1, -0.05) is 38.3 Å². The number of rotatable bonds is 7. The summed E-state index contributed by atoms with van der Waals surface area (Å²) in [7, 11) is -4.69. The van der Waals surface area contributed by atoms with E-state index in [1.165, 1.54) is 18.2 Å². The first-order chi connectivity index (χ1) is 9.45. The molecule has 0 radical (unpaired) electrons. The van der Waals surface area contributed by atoms with Crippen LogP contribution >= 0.6 is 0 Å². The van der Waals surface area contributed by atoms with Gasteiger partial charge in [-0.25, -0.2) is 13.2 Å². The van der Waals surface area contributed by atoms with Crippen LogP contribution in [-0.4, -0.2) is 25.7 Å². The minimum atomic E-state index is -4.69. The molecule has 8 heteroatoms. The Morgan fingerprint density at radius 2 is 1.86 bits per heavy atom. The van der Waals surface area contributed by atoms with Crippen molar-refractivity contribution in [2.24, 2.45) is 0 Å². The summed E-state index contributed by atoms with van der Waals surface area (Å²) in [6.45, 7) is 2.26. The van der Waals surface area contributed by atoms with Crippen LogP contribution in [0.4, 0.5) is 4.79 Å². The second kappa shape index (κ2) is 10.2. The molecule has 0 bridgehead atoms. The third kappa shape index (κ3) is 7.82. The van der Waals surface area contributed by atoms with Gasteiger partial charge in [-0.3, -0.25) is 0 Å². The Labute approximate surface area is 146 Å². The molecule has 112 valence electrons. The van der Waals surface area contributed by atoms with E-state index < -0.39 is 21.2 Å². The van der Waals surface area contributed by atoms with E-state index in [-0.39, 0.29) is 41.9 Å². The summed E-state index contributed by atoms with van der Waals surface area (Å²) < 4.78 is 42.5. The van der Waals surface area contributed by atoms with Crippen molar-refractivity contribution in [1.82, 2.24) is 0 Å². The van der Waals surface area contributed by atoms with Gasteiger partial charge in [-0.2, -0.15) is 0 Å². The fourth-order valence-electron chi connectivity index (χ4n) is 1.54. The number of carbonyl (C=O) groups is 1. The van der Waals surface area contributed by atoms with E-state index in [0.29, 0.717) is 6.42 Å². The molecule has 0 aliphatic carbocycles. The van der Waals surface area contributed by atoms with Crippen LogP contribution in [0.3, 0.4) is 0 Å². The molecule has 0 heterocycles. The zero-order chi connectivity index (χ0) is 15.0. The number of hydrogen-bond donors (Lipinski definition) is 0. The Hall–Kier alpha value is -0.600. The topological polar surface area (TPSA) is 92.7 Å². The monoisotopic (exact) mass is 324 g/mol. The van der Waals surface area contributed by atoms with Crippen molar-refractivity contribution in [2.75, 3.05) is 6.61 Å². The van der Waals surface area contributed by atoms with Gasteiger partial charge in [0.15, 0.2) is 5.75 Å². The number of ether oxygens (including phenoxy) is 2. The summed E-state index contributed by atoms with van der Waals surface area (Å²) in [5.41, 5.74) is 0. The van der Waals surface area contributed by atoms with E-state index in [9.17, 15) is 17.8 Å². The molecular weight excluding hydrogens is 307 g/mol. The summed E-state index contributed by atoms with van der Waals surface area (Å²) in [6.07, 6.45) is 2.76. The van der Waals surface area contributed by atoms with Crippen LogP contribution in [-0.2, 0) is 14.9 Å². The predicted octanol–water partition coefficient (Wildman–Crippen LogP) is -0.310. The average molecular weight is 324 g/mol. The molecular formula is C13H17NaO6S. The van der Waals surface area contributed by atoms with E-state index in [1.807, 2.05) is 0 Å². The molecule has 0 N–H and O–H groups in total.